The van der Waals surface area contributed by atoms with Gasteiger partial charge in [0.25, 0.3) is 0 Å². The van der Waals surface area contributed by atoms with Crippen molar-refractivity contribution in [1.82, 2.24) is 4.90 Å². The van der Waals surface area contributed by atoms with Crippen molar-refractivity contribution in [1.29, 1.82) is 0 Å². The van der Waals surface area contributed by atoms with Gasteiger partial charge in [0.1, 0.15) is 0 Å². The second-order valence-electron chi connectivity index (χ2n) is 6.84. The summed E-state index contributed by atoms with van der Waals surface area (Å²) in [6.45, 7) is 2.08. The molecule has 4 bridgehead atoms. The molecule has 1 aliphatic heterocycles. The SMILES string of the molecule is O=C(N1CCC1)C12CC3CC(CC(C3)C1)C2. The summed E-state index contributed by atoms with van der Waals surface area (Å²) in [5, 5.41) is 0. The molecule has 0 aromatic rings. The van der Waals surface area contributed by atoms with E-state index in [2.05, 4.69) is 4.90 Å². The fourth-order valence-corrected chi connectivity index (χ4v) is 5.23. The van der Waals surface area contributed by atoms with Crippen molar-refractivity contribution >= 4 is 5.91 Å². The summed E-state index contributed by atoms with van der Waals surface area (Å²) < 4.78 is 0. The van der Waals surface area contributed by atoms with Crippen molar-refractivity contribution in [2.24, 2.45) is 23.2 Å². The number of amides is 1. The highest BCUT2D eigenvalue weighted by atomic mass is 16.2. The number of hydrogen-bond acceptors (Lipinski definition) is 1. The van der Waals surface area contributed by atoms with Crippen LogP contribution in [-0.2, 0) is 4.79 Å². The van der Waals surface area contributed by atoms with Crippen LogP contribution in [0.25, 0.3) is 0 Å². The van der Waals surface area contributed by atoms with Gasteiger partial charge in [0.2, 0.25) is 5.91 Å². The summed E-state index contributed by atoms with van der Waals surface area (Å²) in [7, 11) is 0. The summed E-state index contributed by atoms with van der Waals surface area (Å²) in [6, 6.07) is 0. The number of carbonyl (C=O) groups excluding carboxylic acids is 1. The molecule has 16 heavy (non-hydrogen) atoms. The van der Waals surface area contributed by atoms with Gasteiger partial charge in [0.05, 0.1) is 5.41 Å². The van der Waals surface area contributed by atoms with Crippen molar-refractivity contribution < 1.29 is 4.79 Å². The zero-order valence-corrected chi connectivity index (χ0v) is 9.95. The van der Waals surface area contributed by atoms with E-state index in [-0.39, 0.29) is 5.41 Å². The third-order valence-corrected chi connectivity index (χ3v) is 5.64. The van der Waals surface area contributed by atoms with E-state index in [1.54, 1.807) is 0 Å². The van der Waals surface area contributed by atoms with Gasteiger partial charge in [-0.15, -0.1) is 0 Å². The average molecular weight is 219 g/mol. The molecule has 5 aliphatic rings. The lowest BCUT2D eigenvalue weighted by molar-refractivity contribution is -0.161. The van der Waals surface area contributed by atoms with E-state index in [0.717, 1.165) is 30.8 Å². The molecule has 0 unspecified atom stereocenters. The molecule has 5 rings (SSSR count). The minimum absolute atomic E-state index is 0.120. The molecule has 0 aromatic heterocycles. The van der Waals surface area contributed by atoms with Gasteiger partial charge in [-0.3, -0.25) is 4.79 Å². The van der Waals surface area contributed by atoms with Crippen LogP contribution in [0.15, 0.2) is 0 Å². The molecule has 5 fully saturated rings. The smallest absolute Gasteiger partial charge is 0.228 e. The maximum Gasteiger partial charge on any atom is 0.228 e. The molecule has 0 N–H and O–H groups in total. The van der Waals surface area contributed by atoms with Gasteiger partial charge in [-0.05, 0) is 62.7 Å². The van der Waals surface area contributed by atoms with Gasteiger partial charge >= 0.3 is 0 Å². The summed E-state index contributed by atoms with van der Waals surface area (Å²) in [5.41, 5.74) is 0.120. The highest BCUT2D eigenvalue weighted by molar-refractivity contribution is 5.83. The van der Waals surface area contributed by atoms with Crippen LogP contribution in [0.4, 0.5) is 0 Å². The predicted octanol–water partition coefficient (Wildman–Crippen LogP) is 2.44. The van der Waals surface area contributed by atoms with E-state index in [1.807, 2.05) is 0 Å². The molecule has 1 saturated heterocycles. The molecule has 0 radical (unpaired) electrons. The van der Waals surface area contributed by atoms with Crippen LogP contribution in [0.5, 0.6) is 0 Å². The topological polar surface area (TPSA) is 20.3 Å². The number of hydrogen-bond donors (Lipinski definition) is 0. The van der Waals surface area contributed by atoms with Crippen molar-refractivity contribution in [3.05, 3.63) is 0 Å². The number of carbonyl (C=O) groups is 1. The molecule has 4 aliphatic carbocycles. The van der Waals surface area contributed by atoms with E-state index in [9.17, 15) is 4.79 Å². The third kappa shape index (κ3) is 1.16. The van der Waals surface area contributed by atoms with E-state index in [4.69, 9.17) is 0 Å². The van der Waals surface area contributed by atoms with Gasteiger partial charge in [-0.25, -0.2) is 0 Å². The van der Waals surface area contributed by atoms with Gasteiger partial charge < -0.3 is 4.90 Å². The molecule has 0 aromatic carbocycles. The molecule has 0 atom stereocenters. The highest BCUT2D eigenvalue weighted by Gasteiger charge is 2.55. The fourth-order valence-electron chi connectivity index (χ4n) is 5.23. The largest absolute Gasteiger partial charge is 0.342 e. The van der Waals surface area contributed by atoms with Crippen molar-refractivity contribution in [3.63, 3.8) is 0 Å². The average Bonchev–Trinajstić information content (AvgIpc) is 2.12. The minimum Gasteiger partial charge on any atom is -0.342 e. The van der Waals surface area contributed by atoms with Gasteiger partial charge in [-0.2, -0.15) is 0 Å². The number of rotatable bonds is 1. The van der Waals surface area contributed by atoms with E-state index >= 15 is 0 Å². The van der Waals surface area contributed by atoms with Crippen LogP contribution >= 0.6 is 0 Å². The Morgan fingerprint density at radius 3 is 1.81 bits per heavy atom. The fraction of sp³-hybridized carbons (Fsp3) is 0.929. The molecule has 0 spiro atoms. The first kappa shape index (κ1) is 9.49. The number of nitrogens with zero attached hydrogens (tertiary/aromatic N) is 1. The van der Waals surface area contributed by atoms with Crippen molar-refractivity contribution in [2.75, 3.05) is 13.1 Å². The Morgan fingerprint density at radius 2 is 1.44 bits per heavy atom. The standard InChI is InChI=1S/C14H21NO/c16-13(15-2-1-3-15)14-7-10-4-11(8-14)6-12(5-10)9-14/h10-12H,1-9H2. The summed E-state index contributed by atoms with van der Waals surface area (Å²) in [5.74, 6) is 3.24. The lowest BCUT2D eigenvalue weighted by atomic mass is 9.49. The molecule has 88 valence electrons. The first-order valence-electron chi connectivity index (χ1n) is 7.05. The second-order valence-corrected chi connectivity index (χ2v) is 6.84. The lowest BCUT2D eigenvalue weighted by Crippen LogP contribution is -2.57. The zero-order valence-electron chi connectivity index (χ0n) is 9.95. The molecule has 2 heteroatoms. The first-order valence-corrected chi connectivity index (χ1v) is 7.05. The van der Waals surface area contributed by atoms with Crippen LogP contribution in [0.3, 0.4) is 0 Å². The highest BCUT2D eigenvalue weighted by Crippen LogP contribution is 2.60. The Bertz CT molecular complexity index is 296. The van der Waals surface area contributed by atoms with Gasteiger partial charge in [0.15, 0.2) is 0 Å². The summed E-state index contributed by atoms with van der Waals surface area (Å²) in [4.78, 5) is 14.7. The Balaban J connectivity index is 1.63. The molecular formula is C14H21NO. The summed E-state index contributed by atoms with van der Waals surface area (Å²) in [6.07, 6.45) is 9.24. The van der Waals surface area contributed by atoms with Crippen molar-refractivity contribution in [3.8, 4) is 0 Å². The Morgan fingerprint density at radius 1 is 0.938 bits per heavy atom. The summed E-state index contributed by atoms with van der Waals surface area (Å²) >= 11 is 0. The quantitative estimate of drug-likeness (QED) is 0.663. The maximum atomic E-state index is 12.6. The molecule has 1 heterocycles. The minimum atomic E-state index is 0.120. The Labute approximate surface area is 97.4 Å². The van der Waals surface area contributed by atoms with Gasteiger partial charge in [-0.1, -0.05) is 0 Å². The van der Waals surface area contributed by atoms with Crippen LogP contribution in [0, 0.1) is 23.2 Å². The van der Waals surface area contributed by atoms with Crippen LogP contribution in [0.2, 0.25) is 0 Å². The number of likely N-dealkylation sites (tertiary alicyclic amines) is 1. The normalized spacial score (nSPS) is 49.2. The lowest BCUT2D eigenvalue weighted by Gasteiger charge is -2.57. The van der Waals surface area contributed by atoms with E-state index in [1.165, 1.54) is 44.9 Å². The Hall–Kier alpha value is -0.530. The predicted molar refractivity (Wildman–Crippen MR) is 61.8 cm³/mol. The Kier molecular flexibility index (Phi) is 1.79. The second kappa shape index (κ2) is 3.02. The monoisotopic (exact) mass is 219 g/mol. The molecule has 1 amide bonds. The molecule has 4 saturated carbocycles. The first-order chi connectivity index (χ1) is 7.75. The maximum absolute atomic E-state index is 12.6. The third-order valence-electron chi connectivity index (χ3n) is 5.64. The molecule has 2 nitrogen and oxygen atoms in total. The van der Waals surface area contributed by atoms with Crippen LogP contribution in [-0.4, -0.2) is 23.9 Å². The van der Waals surface area contributed by atoms with Gasteiger partial charge in [0, 0.05) is 13.1 Å². The van der Waals surface area contributed by atoms with E-state index in [0.29, 0.717) is 5.91 Å². The molecular weight excluding hydrogens is 198 g/mol. The zero-order chi connectivity index (χ0) is 10.8. The van der Waals surface area contributed by atoms with E-state index < -0.39 is 0 Å². The van der Waals surface area contributed by atoms with Crippen LogP contribution in [0.1, 0.15) is 44.9 Å². The van der Waals surface area contributed by atoms with Crippen molar-refractivity contribution in [2.45, 2.75) is 44.9 Å². The van der Waals surface area contributed by atoms with Crippen LogP contribution < -0.4 is 0 Å².